The first-order valence-corrected chi connectivity index (χ1v) is 12.1. The molecule has 0 saturated heterocycles. The smallest absolute Gasteiger partial charge is 0.378 e. The standard InChI is InChI=1S/C29H26F3N5O/c1-18(38)37-28(20-6-11-23(12-7-20)36(2)3)17-26(35-37)19-4-9-22(10-5-19)34-25-14-15-33-27-16-21(29(30,31)32)8-13-24(25)27/h4-16,28H,17H2,1-3H3,(H,33,34). The number of rotatable bonds is 5. The summed E-state index contributed by atoms with van der Waals surface area (Å²) in [4.78, 5) is 18.5. The van der Waals surface area contributed by atoms with E-state index in [9.17, 15) is 18.0 Å². The summed E-state index contributed by atoms with van der Waals surface area (Å²) in [5.41, 5.74) is 4.73. The molecule has 0 radical (unpaired) electrons. The molecule has 194 valence electrons. The van der Waals surface area contributed by atoms with E-state index in [-0.39, 0.29) is 17.5 Å². The average Bonchev–Trinajstić information content (AvgIpc) is 3.34. The maximum Gasteiger partial charge on any atom is 0.416 e. The molecule has 1 aromatic heterocycles. The SMILES string of the molecule is CC(=O)N1N=C(c2ccc(Nc3ccnc4cc(C(F)(F)F)ccc34)cc2)CC1c1ccc(N(C)C)cc1. The predicted molar refractivity (Wildman–Crippen MR) is 144 cm³/mol. The van der Waals surface area contributed by atoms with Gasteiger partial charge < -0.3 is 10.2 Å². The number of amides is 1. The van der Waals surface area contributed by atoms with Crippen LogP contribution in [-0.2, 0) is 11.0 Å². The molecule has 1 amide bonds. The molecule has 38 heavy (non-hydrogen) atoms. The van der Waals surface area contributed by atoms with Crippen LogP contribution in [0, 0.1) is 0 Å². The summed E-state index contributed by atoms with van der Waals surface area (Å²) in [6.07, 6.45) is -2.36. The van der Waals surface area contributed by atoms with E-state index in [1.54, 1.807) is 6.07 Å². The number of fused-ring (bicyclic) bond motifs is 1. The molecule has 1 aliphatic heterocycles. The minimum absolute atomic E-state index is 0.127. The zero-order valence-electron chi connectivity index (χ0n) is 21.1. The highest BCUT2D eigenvalue weighted by molar-refractivity contribution is 6.03. The highest BCUT2D eigenvalue weighted by Gasteiger charge is 2.32. The minimum atomic E-state index is -4.43. The van der Waals surface area contributed by atoms with Crippen molar-refractivity contribution >= 4 is 39.6 Å². The Labute approximate surface area is 218 Å². The zero-order valence-corrected chi connectivity index (χ0v) is 21.1. The number of nitrogens with one attached hydrogen (secondary N) is 1. The average molecular weight is 518 g/mol. The third kappa shape index (κ3) is 5.04. The second kappa shape index (κ2) is 9.81. The van der Waals surface area contributed by atoms with Gasteiger partial charge in [-0.15, -0.1) is 0 Å². The first-order chi connectivity index (χ1) is 18.1. The Balaban J connectivity index is 1.35. The fourth-order valence-corrected chi connectivity index (χ4v) is 4.56. The molecule has 5 rings (SSSR count). The van der Waals surface area contributed by atoms with Crippen molar-refractivity contribution in [1.29, 1.82) is 0 Å². The molecule has 1 atom stereocenters. The first-order valence-electron chi connectivity index (χ1n) is 12.1. The highest BCUT2D eigenvalue weighted by Crippen LogP contribution is 2.35. The Morgan fingerprint density at radius 1 is 1.00 bits per heavy atom. The van der Waals surface area contributed by atoms with Crippen molar-refractivity contribution in [1.82, 2.24) is 9.99 Å². The lowest BCUT2D eigenvalue weighted by molar-refractivity contribution is -0.137. The van der Waals surface area contributed by atoms with Crippen LogP contribution in [0.25, 0.3) is 10.9 Å². The van der Waals surface area contributed by atoms with E-state index in [0.29, 0.717) is 17.5 Å². The maximum atomic E-state index is 13.1. The molecule has 0 fully saturated rings. The second-order valence-electron chi connectivity index (χ2n) is 9.41. The van der Waals surface area contributed by atoms with Gasteiger partial charge >= 0.3 is 6.18 Å². The molecular weight excluding hydrogens is 491 g/mol. The third-order valence-electron chi connectivity index (χ3n) is 6.59. The molecule has 9 heteroatoms. The van der Waals surface area contributed by atoms with Gasteiger partial charge in [0.25, 0.3) is 0 Å². The highest BCUT2D eigenvalue weighted by atomic mass is 19.4. The number of hydrogen-bond donors (Lipinski definition) is 1. The van der Waals surface area contributed by atoms with Gasteiger partial charge in [0.15, 0.2) is 0 Å². The number of aromatic nitrogens is 1. The van der Waals surface area contributed by atoms with Crippen LogP contribution in [0.5, 0.6) is 0 Å². The van der Waals surface area contributed by atoms with Gasteiger partial charge in [-0.3, -0.25) is 9.78 Å². The van der Waals surface area contributed by atoms with Crippen molar-refractivity contribution < 1.29 is 18.0 Å². The van der Waals surface area contributed by atoms with Crippen molar-refractivity contribution in [3.63, 3.8) is 0 Å². The zero-order chi connectivity index (χ0) is 27.0. The number of carbonyl (C=O) groups excluding carboxylic acids is 1. The third-order valence-corrected chi connectivity index (χ3v) is 6.59. The lowest BCUT2D eigenvalue weighted by Crippen LogP contribution is -2.24. The molecule has 0 aliphatic carbocycles. The number of nitrogens with zero attached hydrogens (tertiary/aromatic N) is 4. The molecule has 6 nitrogen and oxygen atoms in total. The van der Waals surface area contributed by atoms with Gasteiger partial charge in [-0.25, -0.2) is 5.01 Å². The van der Waals surface area contributed by atoms with E-state index in [1.807, 2.05) is 67.5 Å². The van der Waals surface area contributed by atoms with Crippen molar-refractivity contribution in [2.24, 2.45) is 5.10 Å². The molecule has 0 spiro atoms. The molecular formula is C29H26F3N5O. The van der Waals surface area contributed by atoms with Gasteiger partial charge in [-0.05, 0) is 53.6 Å². The number of pyridine rings is 1. The van der Waals surface area contributed by atoms with Crippen LogP contribution in [-0.4, -0.2) is 35.7 Å². The number of hydrazone groups is 1. The molecule has 0 saturated carbocycles. The van der Waals surface area contributed by atoms with Crippen LogP contribution < -0.4 is 10.2 Å². The van der Waals surface area contributed by atoms with E-state index in [2.05, 4.69) is 15.4 Å². The second-order valence-corrected chi connectivity index (χ2v) is 9.41. The quantitative estimate of drug-likeness (QED) is 0.318. The number of benzene rings is 3. The topological polar surface area (TPSA) is 60.8 Å². The van der Waals surface area contributed by atoms with Gasteiger partial charge in [0, 0.05) is 56.1 Å². The number of hydrogen-bond acceptors (Lipinski definition) is 5. The minimum Gasteiger partial charge on any atom is -0.378 e. The van der Waals surface area contributed by atoms with E-state index >= 15 is 0 Å². The van der Waals surface area contributed by atoms with Crippen LogP contribution >= 0.6 is 0 Å². The Bertz CT molecular complexity index is 1510. The molecule has 2 heterocycles. The number of halogens is 3. The summed E-state index contributed by atoms with van der Waals surface area (Å²) in [6, 6.07) is 20.8. The summed E-state index contributed by atoms with van der Waals surface area (Å²) < 4.78 is 39.3. The van der Waals surface area contributed by atoms with Gasteiger partial charge in [0.05, 0.1) is 22.8 Å². The Morgan fingerprint density at radius 3 is 2.34 bits per heavy atom. The van der Waals surface area contributed by atoms with Crippen molar-refractivity contribution in [3.8, 4) is 0 Å². The van der Waals surface area contributed by atoms with Gasteiger partial charge in [-0.2, -0.15) is 18.3 Å². The molecule has 1 N–H and O–H groups in total. The van der Waals surface area contributed by atoms with Gasteiger partial charge in [0.2, 0.25) is 5.91 Å². The van der Waals surface area contributed by atoms with E-state index in [1.165, 1.54) is 24.2 Å². The largest absolute Gasteiger partial charge is 0.416 e. The van der Waals surface area contributed by atoms with Crippen molar-refractivity contribution in [2.75, 3.05) is 24.3 Å². The number of alkyl halides is 3. The van der Waals surface area contributed by atoms with Crippen molar-refractivity contribution in [2.45, 2.75) is 25.6 Å². The predicted octanol–water partition coefficient (Wildman–Crippen LogP) is 6.76. The number of anilines is 3. The molecule has 3 aromatic carbocycles. The van der Waals surface area contributed by atoms with Crippen molar-refractivity contribution in [3.05, 3.63) is 95.7 Å². The fourth-order valence-electron chi connectivity index (χ4n) is 4.56. The summed E-state index contributed by atoms with van der Waals surface area (Å²) in [5, 5.41) is 10.0. The Kier molecular flexibility index (Phi) is 6.52. The maximum absolute atomic E-state index is 13.1. The van der Waals surface area contributed by atoms with Crippen LogP contribution in [0.2, 0.25) is 0 Å². The lowest BCUT2D eigenvalue weighted by atomic mass is 9.98. The molecule has 0 bridgehead atoms. The van der Waals surface area contributed by atoms with Crippen LogP contribution in [0.1, 0.15) is 36.1 Å². The van der Waals surface area contributed by atoms with E-state index in [4.69, 9.17) is 0 Å². The fraction of sp³-hybridized carbons (Fsp3) is 0.207. The normalized spacial score (nSPS) is 15.5. The Hall–Kier alpha value is -4.40. The monoisotopic (exact) mass is 517 g/mol. The summed E-state index contributed by atoms with van der Waals surface area (Å²) in [7, 11) is 3.96. The van der Waals surface area contributed by atoms with Gasteiger partial charge in [0.1, 0.15) is 0 Å². The van der Waals surface area contributed by atoms with E-state index in [0.717, 1.165) is 40.3 Å². The Morgan fingerprint density at radius 2 is 1.71 bits per heavy atom. The molecule has 4 aromatic rings. The summed E-state index contributed by atoms with van der Waals surface area (Å²) >= 11 is 0. The van der Waals surface area contributed by atoms with E-state index < -0.39 is 11.7 Å². The van der Waals surface area contributed by atoms with Gasteiger partial charge in [-0.1, -0.05) is 30.3 Å². The molecule has 1 unspecified atom stereocenters. The molecule has 1 aliphatic rings. The number of carbonyl (C=O) groups is 1. The first kappa shape index (κ1) is 25.3. The lowest BCUT2D eigenvalue weighted by Gasteiger charge is -2.21. The summed E-state index contributed by atoms with van der Waals surface area (Å²) in [6.45, 7) is 1.51. The van der Waals surface area contributed by atoms with Crippen LogP contribution in [0.3, 0.4) is 0 Å². The summed E-state index contributed by atoms with van der Waals surface area (Å²) in [5.74, 6) is -0.127. The van der Waals surface area contributed by atoms with Crippen LogP contribution in [0.15, 0.2) is 84.1 Å². The van der Waals surface area contributed by atoms with Crippen LogP contribution in [0.4, 0.5) is 30.2 Å².